The van der Waals surface area contributed by atoms with Crippen molar-refractivity contribution in [3.8, 4) is 0 Å². The molecule has 1 atom stereocenters. The standard InChI is InChI=1S/C23H35F3N4O6S/c1-22(2,3)36-21(32)29-19(16-8-5-4-6-9-16)20(31)28-17-10-12-18(13-11-17)30(37(33,34)35)27-15-7-14-23(24,25)26/h10-13,16,19,27H,4-9,14-15H2,1-3H3,(H,28,31)(H,29,32)(H,33,34,35)/t19-/m0/s1. The maximum Gasteiger partial charge on any atom is 0.408 e. The molecule has 0 unspecified atom stereocenters. The van der Waals surface area contributed by atoms with Crippen LogP contribution < -0.4 is 20.5 Å². The Morgan fingerprint density at radius 2 is 1.70 bits per heavy atom. The fourth-order valence-corrected chi connectivity index (χ4v) is 4.62. The molecule has 0 saturated heterocycles. The van der Waals surface area contributed by atoms with Gasteiger partial charge in [0, 0.05) is 18.7 Å². The van der Waals surface area contributed by atoms with E-state index in [-0.39, 0.29) is 23.8 Å². The van der Waals surface area contributed by atoms with Crippen LogP contribution in [0.3, 0.4) is 0 Å². The number of benzene rings is 1. The number of alkyl carbamates (subject to hydrolysis) is 1. The number of hydrogen-bond acceptors (Lipinski definition) is 6. The second-order valence-electron chi connectivity index (χ2n) is 9.93. The van der Waals surface area contributed by atoms with Crippen LogP contribution in [0.1, 0.15) is 65.7 Å². The summed E-state index contributed by atoms with van der Waals surface area (Å²) in [4.78, 5) is 25.5. The third kappa shape index (κ3) is 11.1. The van der Waals surface area contributed by atoms with Crippen LogP contribution >= 0.6 is 0 Å². The van der Waals surface area contributed by atoms with E-state index in [0.29, 0.717) is 4.41 Å². The minimum absolute atomic E-state index is 0.0804. The number of amides is 2. The van der Waals surface area contributed by atoms with Gasteiger partial charge in [0.15, 0.2) is 0 Å². The van der Waals surface area contributed by atoms with E-state index in [9.17, 15) is 35.7 Å². The lowest BCUT2D eigenvalue weighted by Gasteiger charge is -2.31. The number of hydrazine groups is 1. The summed E-state index contributed by atoms with van der Waals surface area (Å²) in [6.07, 6.45) is -2.20. The molecule has 1 aliphatic carbocycles. The third-order valence-corrected chi connectivity index (χ3v) is 6.37. The number of rotatable bonds is 10. The SMILES string of the molecule is CC(C)(C)OC(=O)N[C@H](C(=O)Nc1ccc(N(NCCCC(F)(F)F)S(=O)(=O)O)cc1)C1CCCCC1. The summed E-state index contributed by atoms with van der Waals surface area (Å²) in [6.45, 7) is 4.78. The van der Waals surface area contributed by atoms with Crippen LogP contribution in [0.2, 0.25) is 0 Å². The Morgan fingerprint density at radius 1 is 1.11 bits per heavy atom. The quantitative estimate of drug-likeness (QED) is 0.190. The number of hydrogen-bond donors (Lipinski definition) is 4. The number of carbonyl (C=O) groups excluding carboxylic acids is 2. The Morgan fingerprint density at radius 3 is 2.22 bits per heavy atom. The number of ether oxygens (including phenoxy) is 1. The van der Waals surface area contributed by atoms with E-state index in [0.717, 1.165) is 32.1 Å². The summed E-state index contributed by atoms with van der Waals surface area (Å²) in [5.41, 5.74) is 1.72. The van der Waals surface area contributed by atoms with E-state index in [1.165, 1.54) is 24.3 Å². The minimum atomic E-state index is -4.83. The van der Waals surface area contributed by atoms with Crippen molar-refractivity contribution in [2.75, 3.05) is 16.3 Å². The molecule has 0 aliphatic heterocycles. The predicted molar refractivity (Wildman–Crippen MR) is 132 cm³/mol. The average Bonchev–Trinajstić information content (AvgIpc) is 2.76. The third-order valence-electron chi connectivity index (χ3n) is 5.57. The highest BCUT2D eigenvalue weighted by atomic mass is 32.2. The van der Waals surface area contributed by atoms with E-state index < -0.39 is 53.0 Å². The summed E-state index contributed by atoms with van der Waals surface area (Å²) in [5, 5.41) is 5.36. The van der Waals surface area contributed by atoms with Gasteiger partial charge in [-0.25, -0.2) is 10.2 Å². The van der Waals surface area contributed by atoms with Gasteiger partial charge < -0.3 is 15.4 Å². The molecule has 2 rings (SSSR count). The van der Waals surface area contributed by atoms with Gasteiger partial charge in [0.2, 0.25) is 5.91 Å². The Labute approximate surface area is 215 Å². The van der Waals surface area contributed by atoms with Gasteiger partial charge >= 0.3 is 22.6 Å². The van der Waals surface area contributed by atoms with E-state index in [2.05, 4.69) is 16.1 Å². The molecule has 1 aromatic carbocycles. The zero-order chi connectivity index (χ0) is 27.9. The highest BCUT2D eigenvalue weighted by molar-refractivity contribution is 7.87. The van der Waals surface area contributed by atoms with Crippen LogP contribution in [0.15, 0.2) is 24.3 Å². The second-order valence-corrected chi connectivity index (χ2v) is 11.2. The highest BCUT2D eigenvalue weighted by Crippen LogP contribution is 2.28. The summed E-state index contributed by atoms with van der Waals surface area (Å²) in [6, 6.07) is 4.41. The lowest BCUT2D eigenvalue weighted by Crippen LogP contribution is -2.50. The Bertz CT molecular complexity index is 1010. The number of carbonyl (C=O) groups is 2. The fraction of sp³-hybridized carbons (Fsp3) is 0.652. The number of alkyl halides is 3. The summed E-state index contributed by atoms with van der Waals surface area (Å²) in [7, 11) is -4.83. The summed E-state index contributed by atoms with van der Waals surface area (Å²) in [5.74, 6) is -0.557. The molecule has 0 heterocycles. The van der Waals surface area contributed by atoms with Crippen LogP contribution in [0.25, 0.3) is 0 Å². The molecule has 210 valence electrons. The molecule has 1 aliphatic rings. The first kappa shape index (κ1) is 30.6. The van der Waals surface area contributed by atoms with Crippen molar-refractivity contribution in [3.63, 3.8) is 0 Å². The smallest absolute Gasteiger partial charge is 0.408 e. The summed E-state index contributed by atoms with van der Waals surface area (Å²) < 4.78 is 75.6. The van der Waals surface area contributed by atoms with Gasteiger partial charge in [0.25, 0.3) is 0 Å². The second kappa shape index (κ2) is 12.8. The molecule has 0 spiro atoms. The Balaban J connectivity index is 2.10. The van der Waals surface area contributed by atoms with E-state index in [1.54, 1.807) is 20.8 Å². The minimum Gasteiger partial charge on any atom is -0.444 e. The fourth-order valence-electron chi connectivity index (χ4n) is 3.98. The summed E-state index contributed by atoms with van der Waals surface area (Å²) >= 11 is 0. The zero-order valence-electron chi connectivity index (χ0n) is 21.1. The number of nitrogens with zero attached hydrogens (tertiary/aromatic N) is 1. The van der Waals surface area contributed by atoms with Crippen LogP contribution in [0.5, 0.6) is 0 Å². The normalized spacial score (nSPS) is 16.1. The maximum absolute atomic E-state index is 13.1. The molecular formula is C23H35F3N4O6S. The van der Waals surface area contributed by atoms with Crippen molar-refractivity contribution in [2.45, 2.75) is 83.5 Å². The molecule has 1 saturated carbocycles. The lowest BCUT2D eigenvalue weighted by molar-refractivity contribution is -0.135. The molecule has 1 aromatic rings. The van der Waals surface area contributed by atoms with Crippen LogP contribution in [-0.2, 0) is 19.8 Å². The van der Waals surface area contributed by atoms with Gasteiger partial charge in [0.1, 0.15) is 11.6 Å². The van der Waals surface area contributed by atoms with Gasteiger partial charge in [-0.15, -0.1) is 0 Å². The number of anilines is 2. The van der Waals surface area contributed by atoms with Crippen molar-refractivity contribution in [1.82, 2.24) is 10.7 Å². The first-order valence-corrected chi connectivity index (χ1v) is 13.4. The zero-order valence-corrected chi connectivity index (χ0v) is 21.9. The van der Waals surface area contributed by atoms with Crippen molar-refractivity contribution in [3.05, 3.63) is 24.3 Å². The largest absolute Gasteiger partial charge is 0.444 e. The monoisotopic (exact) mass is 552 g/mol. The first-order valence-electron chi connectivity index (χ1n) is 12.0. The van der Waals surface area contributed by atoms with Gasteiger partial charge in [-0.05, 0) is 70.2 Å². The predicted octanol–water partition coefficient (Wildman–Crippen LogP) is 4.56. The van der Waals surface area contributed by atoms with Crippen LogP contribution in [0, 0.1) is 5.92 Å². The molecule has 10 nitrogen and oxygen atoms in total. The van der Waals surface area contributed by atoms with Crippen molar-refractivity contribution >= 4 is 33.7 Å². The van der Waals surface area contributed by atoms with Crippen LogP contribution in [0.4, 0.5) is 29.3 Å². The molecule has 1 fully saturated rings. The van der Waals surface area contributed by atoms with Crippen molar-refractivity contribution < 1.29 is 40.5 Å². The molecule has 4 N–H and O–H groups in total. The molecule has 2 amide bonds. The lowest BCUT2D eigenvalue weighted by atomic mass is 9.83. The van der Waals surface area contributed by atoms with Gasteiger partial charge in [-0.2, -0.15) is 26.0 Å². The average molecular weight is 553 g/mol. The Hall–Kier alpha value is -2.58. The maximum atomic E-state index is 13.1. The number of nitrogens with one attached hydrogen (secondary N) is 3. The van der Waals surface area contributed by atoms with Crippen molar-refractivity contribution in [1.29, 1.82) is 0 Å². The van der Waals surface area contributed by atoms with Gasteiger partial charge in [-0.1, -0.05) is 19.3 Å². The highest BCUT2D eigenvalue weighted by Gasteiger charge is 2.33. The van der Waals surface area contributed by atoms with Crippen molar-refractivity contribution in [2.24, 2.45) is 5.92 Å². The van der Waals surface area contributed by atoms with Gasteiger partial charge in [-0.3, -0.25) is 9.35 Å². The van der Waals surface area contributed by atoms with E-state index in [4.69, 9.17) is 4.74 Å². The van der Waals surface area contributed by atoms with Crippen LogP contribution in [-0.4, -0.2) is 49.3 Å². The topological polar surface area (TPSA) is 137 Å². The Kier molecular flexibility index (Phi) is 10.6. The molecule has 37 heavy (non-hydrogen) atoms. The van der Waals surface area contributed by atoms with Gasteiger partial charge in [0.05, 0.1) is 5.69 Å². The number of halogens is 3. The molecule has 0 radical (unpaired) electrons. The van der Waals surface area contributed by atoms with E-state index in [1.807, 2.05) is 0 Å². The van der Waals surface area contributed by atoms with E-state index >= 15 is 0 Å². The first-order chi connectivity index (χ1) is 17.0. The molecule has 0 bridgehead atoms. The molecule has 0 aromatic heterocycles. The molecule has 14 heteroatoms. The molecular weight excluding hydrogens is 517 g/mol.